The van der Waals surface area contributed by atoms with E-state index in [1.54, 1.807) is 20.8 Å². The van der Waals surface area contributed by atoms with Crippen LogP contribution in [-0.2, 0) is 64.5 Å². The number of hydrogen-bond donors (Lipinski definition) is 2. The summed E-state index contributed by atoms with van der Waals surface area (Å²) in [6.07, 6.45) is 50.2. The molecule has 2 amide bonds. The highest BCUT2D eigenvalue weighted by molar-refractivity contribution is 7.98. The number of esters is 1. The number of ether oxygens (including phenoxy) is 12. The predicted molar refractivity (Wildman–Crippen MR) is 519 cm³/mol. The minimum atomic E-state index is -1.09. The molecule has 702 valence electrons. The van der Waals surface area contributed by atoms with Gasteiger partial charge < -0.3 is 67.5 Å². The van der Waals surface area contributed by atoms with E-state index in [1.807, 2.05) is 127 Å². The molecular formula is C109H160N2O15S. The minimum absolute atomic E-state index is 0.113. The molecule has 2 atom stereocenters. The molecule has 0 aliphatic rings. The Morgan fingerprint density at radius 2 is 0.575 bits per heavy atom. The number of carbonyl (C=O) groups excluding carboxylic acids is 3. The highest BCUT2D eigenvalue weighted by atomic mass is 32.2. The van der Waals surface area contributed by atoms with Crippen LogP contribution in [0.2, 0.25) is 0 Å². The highest BCUT2D eigenvalue weighted by Crippen LogP contribution is 2.36. The number of amides is 2. The zero-order chi connectivity index (χ0) is 90.3. The van der Waals surface area contributed by atoms with E-state index in [0.717, 1.165) is 87.6 Å². The molecule has 17 nitrogen and oxygen atoms in total. The lowest BCUT2D eigenvalue weighted by Crippen LogP contribution is -2.52. The van der Waals surface area contributed by atoms with Gasteiger partial charge in [0.1, 0.15) is 91.8 Å². The summed E-state index contributed by atoms with van der Waals surface area (Å²) in [5.74, 6) is 5.95. The molecule has 0 bridgehead atoms. The van der Waals surface area contributed by atoms with Crippen LogP contribution in [0.3, 0.4) is 0 Å². The van der Waals surface area contributed by atoms with Crippen LogP contribution in [-0.4, -0.2) is 74.9 Å². The molecule has 0 saturated carbocycles. The summed E-state index contributed by atoms with van der Waals surface area (Å²) in [6, 6.07) is 48.0. The molecule has 0 saturated heterocycles. The van der Waals surface area contributed by atoms with Gasteiger partial charge in [-0.1, -0.05) is 320 Å². The summed E-state index contributed by atoms with van der Waals surface area (Å²) < 4.78 is 75.5. The SMILES string of the molecule is CCCCCCCCCCCCOc1ccc(COc2ccc(COc3cc(CSCC(NC(=O)OC(C)(C)C)C(=O)NC(C)C(=O)OC)cc(OCc4ccc(OCc5ccc(OCCCCCCCCCCCC)cc5)c(OCc5ccc(OCCCCCCCCCCCC)cc5)c4)c3)cc2OCc2ccc(OCCCCCCCCCCCC)cc2)cc1. The van der Waals surface area contributed by atoms with Gasteiger partial charge in [-0.25, -0.2) is 9.59 Å². The second kappa shape index (κ2) is 65.6. The summed E-state index contributed by atoms with van der Waals surface area (Å²) >= 11 is 1.40. The number of hydrogen-bond acceptors (Lipinski definition) is 16. The van der Waals surface area contributed by atoms with Gasteiger partial charge in [0.25, 0.3) is 0 Å². The first-order valence-corrected chi connectivity index (χ1v) is 50.2. The second-order valence-electron chi connectivity index (χ2n) is 35.3. The molecule has 7 aromatic rings. The van der Waals surface area contributed by atoms with Crippen LogP contribution in [0.5, 0.6) is 57.5 Å². The van der Waals surface area contributed by atoms with E-state index in [1.165, 1.54) is 257 Å². The Balaban J connectivity index is 1.09. The van der Waals surface area contributed by atoms with E-state index in [4.69, 9.17) is 56.8 Å². The third-order valence-electron chi connectivity index (χ3n) is 22.6. The molecule has 2 N–H and O–H groups in total. The molecule has 7 rings (SSSR count). The standard InChI is InChI=1S/C109H160N2O15S/c1-10-14-18-22-26-30-34-38-42-46-70-116-95-60-50-88(51-61-95)79-122-102-68-58-92(76-104(102)124-81-90-54-64-97(65-55-90)118-72-48-44-40-36-32-28-24-20-16-12-3)83-120-99-74-94(85-127-86-101(111-108(114)126-109(6,7)8)106(112)110-87(5)107(113)115-9)75-100(78-99)121-84-93-59-69-103(123-80-89-52-62-96(63-53-89)117-71-47-43-39-35-31-27-23-19-15-11-2)105(77-93)125-82-91-56-66-98(67-57-91)119-73-49-45-41-37-33-29-25-21-17-13-4/h50-69,74-78,87,101H,10-49,70-73,79-86H2,1-9H3,(H,110,112)(H,111,114). The first-order valence-electron chi connectivity index (χ1n) is 49.1. The van der Waals surface area contributed by atoms with Crippen LogP contribution >= 0.6 is 11.8 Å². The minimum Gasteiger partial charge on any atom is -0.494 e. The average molecular weight is 1770 g/mol. The first kappa shape index (κ1) is 105. The lowest BCUT2D eigenvalue weighted by Gasteiger charge is -2.24. The fourth-order valence-electron chi connectivity index (χ4n) is 14.9. The van der Waals surface area contributed by atoms with Crippen molar-refractivity contribution in [2.75, 3.05) is 39.3 Å². The van der Waals surface area contributed by atoms with Crippen molar-refractivity contribution >= 4 is 29.7 Å². The Hall–Kier alpha value is -8.90. The van der Waals surface area contributed by atoms with Gasteiger partial charge >= 0.3 is 12.1 Å². The maximum absolute atomic E-state index is 13.9. The lowest BCUT2D eigenvalue weighted by atomic mass is 10.1. The quantitative estimate of drug-likeness (QED) is 0.0271. The van der Waals surface area contributed by atoms with E-state index in [-0.39, 0.29) is 32.2 Å². The third-order valence-corrected chi connectivity index (χ3v) is 23.7. The number of unbranched alkanes of at least 4 members (excludes halogenated alkanes) is 36. The van der Waals surface area contributed by atoms with Crippen LogP contribution in [0.4, 0.5) is 4.79 Å². The molecule has 0 heterocycles. The molecule has 0 radical (unpaired) electrons. The van der Waals surface area contributed by atoms with Crippen molar-refractivity contribution in [2.24, 2.45) is 0 Å². The van der Waals surface area contributed by atoms with E-state index in [2.05, 4.69) is 62.6 Å². The van der Waals surface area contributed by atoms with Gasteiger partial charge in [0.05, 0.1) is 33.5 Å². The van der Waals surface area contributed by atoms with Crippen molar-refractivity contribution in [3.8, 4) is 57.5 Å². The van der Waals surface area contributed by atoms with Gasteiger partial charge in [-0.3, -0.25) is 4.79 Å². The van der Waals surface area contributed by atoms with Gasteiger partial charge in [0.15, 0.2) is 23.0 Å². The normalized spacial score (nSPS) is 11.8. The lowest BCUT2D eigenvalue weighted by molar-refractivity contribution is -0.144. The van der Waals surface area contributed by atoms with Gasteiger partial charge in [0.2, 0.25) is 5.91 Å². The summed E-state index contributed by atoms with van der Waals surface area (Å²) in [5.41, 5.74) is 5.56. The topological polar surface area (TPSA) is 186 Å². The second-order valence-corrected chi connectivity index (χ2v) is 36.3. The monoisotopic (exact) mass is 1770 g/mol. The summed E-state index contributed by atoms with van der Waals surface area (Å²) in [5, 5.41) is 5.43. The Labute approximate surface area is 769 Å². The molecule has 0 fully saturated rings. The van der Waals surface area contributed by atoms with Crippen LogP contribution in [0.15, 0.2) is 152 Å². The van der Waals surface area contributed by atoms with E-state index in [0.29, 0.717) is 79.9 Å². The molecule has 0 aliphatic carbocycles. The van der Waals surface area contributed by atoms with Crippen LogP contribution in [0.25, 0.3) is 0 Å². The molecule has 0 aromatic heterocycles. The molecule has 2 unspecified atom stereocenters. The number of nitrogens with one attached hydrogen (secondary N) is 2. The van der Waals surface area contributed by atoms with E-state index < -0.39 is 35.7 Å². The third kappa shape index (κ3) is 47.8. The van der Waals surface area contributed by atoms with E-state index >= 15 is 0 Å². The molecular weight excluding hydrogens is 1610 g/mol. The van der Waals surface area contributed by atoms with E-state index in [9.17, 15) is 14.4 Å². The van der Waals surface area contributed by atoms with Crippen molar-refractivity contribution in [1.29, 1.82) is 0 Å². The van der Waals surface area contributed by atoms with Crippen LogP contribution in [0, 0.1) is 0 Å². The Morgan fingerprint density at radius 1 is 0.299 bits per heavy atom. The number of rotatable bonds is 74. The van der Waals surface area contributed by atoms with Gasteiger partial charge in [0, 0.05) is 17.6 Å². The molecule has 18 heteroatoms. The average Bonchev–Trinajstić information content (AvgIpc) is 0.838. The van der Waals surface area contributed by atoms with Crippen molar-refractivity contribution in [3.05, 3.63) is 191 Å². The van der Waals surface area contributed by atoms with Crippen molar-refractivity contribution in [2.45, 2.75) is 375 Å². The maximum Gasteiger partial charge on any atom is 0.408 e. The summed E-state index contributed by atoms with van der Waals surface area (Å²) in [4.78, 5) is 39.7. The fourth-order valence-corrected chi connectivity index (χ4v) is 15.9. The number of methoxy groups -OCH3 is 1. The van der Waals surface area contributed by atoms with Gasteiger partial charge in [-0.15, -0.1) is 0 Å². The van der Waals surface area contributed by atoms with Gasteiger partial charge in [-0.2, -0.15) is 11.8 Å². The predicted octanol–water partition coefficient (Wildman–Crippen LogP) is 29.2. The van der Waals surface area contributed by atoms with Gasteiger partial charge in [-0.05, 0) is 177 Å². The van der Waals surface area contributed by atoms with Crippen LogP contribution < -0.4 is 58.0 Å². The number of thioether (sulfide) groups is 1. The number of alkyl carbamates (subject to hydrolysis) is 1. The van der Waals surface area contributed by atoms with Crippen LogP contribution in [0.1, 0.15) is 351 Å². The van der Waals surface area contributed by atoms with Crippen molar-refractivity contribution in [1.82, 2.24) is 10.6 Å². The first-order chi connectivity index (χ1) is 62.1. The molecule has 0 aliphatic heterocycles. The largest absolute Gasteiger partial charge is 0.494 e. The smallest absolute Gasteiger partial charge is 0.408 e. The Kier molecular flexibility index (Phi) is 54.3. The Bertz CT molecular complexity index is 3800. The maximum atomic E-state index is 13.9. The molecule has 127 heavy (non-hydrogen) atoms. The molecule has 0 spiro atoms. The van der Waals surface area contributed by atoms with Crippen molar-refractivity contribution in [3.63, 3.8) is 0 Å². The Morgan fingerprint density at radius 3 is 0.866 bits per heavy atom. The number of carbonyl (C=O) groups is 3. The zero-order valence-electron chi connectivity index (χ0n) is 79.4. The van der Waals surface area contributed by atoms with Crippen molar-refractivity contribution < 1.29 is 71.2 Å². The fraction of sp³-hybridized carbons (Fsp3) is 0.587. The highest BCUT2D eigenvalue weighted by Gasteiger charge is 2.28. The number of benzene rings is 7. The summed E-state index contributed by atoms with van der Waals surface area (Å²) in [7, 11) is 1.25. The summed E-state index contributed by atoms with van der Waals surface area (Å²) in [6.45, 7) is 20.1. The zero-order valence-corrected chi connectivity index (χ0v) is 80.2. The molecule has 7 aromatic carbocycles.